The minimum absolute atomic E-state index is 0.112. The number of methoxy groups -OCH3 is 1. The molecule has 0 radical (unpaired) electrons. The summed E-state index contributed by atoms with van der Waals surface area (Å²) in [7, 11) is -2.08. The molecule has 1 saturated heterocycles. The second-order valence-corrected chi connectivity index (χ2v) is 7.48. The Hall–Kier alpha value is -1.44. The fourth-order valence-electron chi connectivity index (χ4n) is 2.78. The molecule has 2 atom stereocenters. The maximum Gasteiger partial charge on any atom is 0.243 e. The van der Waals surface area contributed by atoms with Gasteiger partial charge < -0.3 is 10.5 Å². The number of amides is 1. The highest BCUT2D eigenvalue weighted by molar-refractivity contribution is 7.89. The van der Waals surface area contributed by atoms with E-state index in [1.807, 2.05) is 6.92 Å². The Morgan fingerprint density at radius 1 is 1.32 bits per heavy atom. The summed E-state index contributed by atoms with van der Waals surface area (Å²) >= 11 is 0. The van der Waals surface area contributed by atoms with Crippen LogP contribution in [-0.2, 0) is 26.0 Å². The number of hydrogen-bond acceptors (Lipinski definition) is 4. The minimum Gasteiger partial charge on any atom is -0.384 e. The van der Waals surface area contributed by atoms with E-state index >= 15 is 0 Å². The van der Waals surface area contributed by atoms with Gasteiger partial charge in [-0.25, -0.2) is 8.42 Å². The monoisotopic (exact) mass is 326 g/mol. The van der Waals surface area contributed by atoms with Gasteiger partial charge in [-0.15, -0.1) is 0 Å². The Kier molecular flexibility index (Phi) is 5.20. The molecule has 2 rings (SSSR count). The first kappa shape index (κ1) is 16.9. The van der Waals surface area contributed by atoms with Crippen LogP contribution in [0, 0.1) is 11.8 Å². The highest BCUT2D eigenvalue weighted by Crippen LogP contribution is 2.29. The van der Waals surface area contributed by atoms with Crippen molar-refractivity contribution in [1.82, 2.24) is 4.31 Å². The van der Waals surface area contributed by atoms with E-state index in [2.05, 4.69) is 0 Å². The van der Waals surface area contributed by atoms with Gasteiger partial charge in [-0.2, -0.15) is 4.31 Å². The van der Waals surface area contributed by atoms with Crippen molar-refractivity contribution in [3.63, 3.8) is 0 Å². The van der Waals surface area contributed by atoms with Gasteiger partial charge >= 0.3 is 0 Å². The van der Waals surface area contributed by atoms with Gasteiger partial charge in [0.25, 0.3) is 0 Å². The van der Waals surface area contributed by atoms with E-state index < -0.39 is 21.8 Å². The molecule has 0 aromatic heterocycles. The number of benzene rings is 1. The molecule has 0 aliphatic carbocycles. The van der Waals surface area contributed by atoms with Gasteiger partial charge in [-0.05, 0) is 24.1 Å². The van der Waals surface area contributed by atoms with Crippen LogP contribution < -0.4 is 5.73 Å². The maximum atomic E-state index is 12.7. The highest BCUT2D eigenvalue weighted by Gasteiger charge is 2.41. The summed E-state index contributed by atoms with van der Waals surface area (Å²) in [6, 6.07) is 6.83. The molecule has 0 unspecified atom stereocenters. The Morgan fingerprint density at radius 3 is 2.45 bits per heavy atom. The van der Waals surface area contributed by atoms with E-state index in [0.717, 1.165) is 12.0 Å². The van der Waals surface area contributed by atoms with Crippen molar-refractivity contribution in [2.24, 2.45) is 17.6 Å². The highest BCUT2D eigenvalue weighted by atomic mass is 32.2. The number of aryl methyl sites for hydroxylation is 1. The molecule has 1 aromatic rings. The fourth-order valence-corrected chi connectivity index (χ4v) is 4.30. The molecule has 0 spiro atoms. The van der Waals surface area contributed by atoms with E-state index in [9.17, 15) is 13.2 Å². The molecular weight excluding hydrogens is 304 g/mol. The van der Waals surface area contributed by atoms with Crippen molar-refractivity contribution in [3.8, 4) is 0 Å². The summed E-state index contributed by atoms with van der Waals surface area (Å²) in [5.41, 5.74) is 6.46. The SMILES string of the molecule is CCc1ccc(S(=O)(=O)N2C[C@@H](COC)[C@H](C(N)=O)C2)cc1. The molecule has 6 nitrogen and oxygen atoms in total. The number of nitrogens with two attached hydrogens (primary N) is 1. The molecule has 22 heavy (non-hydrogen) atoms. The Labute approximate surface area is 131 Å². The number of nitrogens with zero attached hydrogens (tertiary/aromatic N) is 1. The minimum atomic E-state index is -3.61. The van der Waals surface area contributed by atoms with Gasteiger partial charge in [0, 0.05) is 26.1 Å². The number of carbonyl (C=O) groups excluding carboxylic acids is 1. The smallest absolute Gasteiger partial charge is 0.243 e. The summed E-state index contributed by atoms with van der Waals surface area (Å²) in [4.78, 5) is 11.8. The standard InChI is InChI=1S/C15H22N2O4S/c1-3-11-4-6-13(7-5-11)22(19,20)17-8-12(10-21-2)14(9-17)15(16)18/h4-7,12,14H,3,8-10H2,1-2H3,(H2,16,18)/t12-,14+/m0/s1. The van der Waals surface area contributed by atoms with Crippen molar-refractivity contribution < 1.29 is 17.9 Å². The lowest BCUT2D eigenvalue weighted by atomic mass is 9.96. The molecular formula is C15H22N2O4S. The van der Waals surface area contributed by atoms with Crippen LogP contribution in [0.25, 0.3) is 0 Å². The van der Waals surface area contributed by atoms with Crippen molar-refractivity contribution in [2.45, 2.75) is 18.2 Å². The molecule has 7 heteroatoms. The zero-order valence-electron chi connectivity index (χ0n) is 12.9. The van der Waals surface area contributed by atoms with E-state index in [1.54, 1.807) is 24.3 Å². The van der Waals surface area contributed by atoms with E-state index in [-0.39, 0.29) is 23.9 Å². The number of carbonyl (C=O) groups is 1. The second kappa shape index (κ2) is 6.76. The third kappa shape index (κ3) is 3.31. The fraction of sp³-hybridized carbons (Fsp3) is 0.533. The molecule has 1 aromatic carbocycles. The van der Waals surface area contributed by atoms with Gasteiger partial charge in [0.05, 0.1) is 17.4 Å². The molecule has 122 valence electrons. The quantitative estimate of drug-likeness (QED) is 0.830. The van der Waals surface area contributed by atoms with Crippen molar-refractivity contribution in [1.29, 1.82) is 0 Å². The van der Waals surface area contributed by atoms with Crippen LogP contribution in [0.2, 0.25) is 0 Å². The van der Waals surface area contributed by atoms with Crippen LogP contribution >= 0.6 is 0 Å². The summed E-state index contributed by atoms with van der Waals surface area (Å²) in [5.74, 6) is -1.20. The van der Waals surface area contributed by atoms with Crippen molar-refractivity contribution >= 4 is 15.9 Å². The normalized spacial score (nSPS) is 22.8. The number of primary amides is 1. The predicted molar refractivity (Wildman–Crippen MR) is 82.6 cm³/mol. The van der Waals surface area contributed by atoms with Crippen LogP contribution in [-0.4, -0.2) is 45.4 Å². The van der Waals surface area contributed by atoms with Crippen LogP contribution in [0.1, 0.15) is 12.5 Å². The van der Waals surface area contributed by atoms with Gasteiger partial charge in [-0.3, -0.25) is 4.79 Å². The van der Waals surface area contributed by atoms with Crippen molar-refractivity contribution in [2.75, 3.05) is 26.8 Å². The molecule has 1 fully saturated rings. The van der Waals surface area contributed by atoms with Crippen molar-refractivity contribution in [3.05, 3.63) is 29.8 Å². The summed E-state index contributed by atoms with van der Waals surface area (Å²) in [5, 5.41) is 0. The van der Waals surface area contributed by atoms with E-state index in [1.165, 1.54) is 11.4 Å². The van der Waals surface area contributed by atoms with Crippen LogP contribution in [0.15, 0.2) is 29.2 Å². The number of hydrogen-bond donors (Lipinski definition) is 1. The van der Waals surface area contributed by atoms with Gasteiger partial charge in [0.2, 0.25) is 15.9 Å². The first-order valence-corrected chi connectivity index (χ1v) is 8.71. The largest absolute Gasteiger partial charge is 0.384 e. The summed E-state index contributed by atoms with van der Waals surface area (Å²) in [6.07, 6.45) is 0.851. The first-order chi connectivity index (χ1) is 10.4. The zero-order chi connectivity index (χ0) is 16.3. The second-order valence-electron chi connectivity index (χ2n) is 5.54. The average Bonchev–Trinajstić information content (AvgIpc) is 2.93. The molecule has 1 aliphatic rings. The average molecular weight is 326 g/mol. The molecule has 1 heterocycles. The van der Waals surface area contributed by atoms with Gasteiger partial charge in [-0.1, -0.05) is 19.1 Å². The molecule has 0 saturated carbocycles. The predicted octanol–water partition coefficient (Wildman–Crippen LogP) is 0.617. The Bertz CT molecular complexity index is 627. The first-order valence-electron chi connectivity index (χ1n) is 7.27. The number of ether oxygens (including phenoxy) is 1. The Morgan fingerprint density at radius 2 is 1.95 bits per heavy atom. The maximum absolute atomic E-state index is 12.7. The third-order valence-electron chi connectivity index (χ3n) is 4.12. The van der Waals surface area contributed by atoms with Crippen LogP contribution in [0.3, 0.4) is 0 Å². The van der Waals surface area contributed by atoms with Crippen LogP contribution in [0.5, 0.6) is 0 Å². The summed E-state index contributed by atoms with van der Waals surface area (Å²) < 4.78 is 31.8. The number of rotatable bonds is 6. The third-order valence-corrected chi connectivity index (χ3v) is 5.97. The summed E-state index contributed by atoms with van der Waals surface area (Å²) in [6.45, 7) is 2.69. The van der Waals surface area contributed by atoms with Gasteiger partial charge in [0.15, 0.2) is 0 Å². The zero-order valence-corrected chi connectivity index (χ0v) is 13.7. The van der Waals surface area contributed by atoms with E-state index in [4.69, 9.17) is 10.5 Å². The van der Waals surface area contributed by atoms with Crippen LogP contribution in [0.4, 0.5) is 0 Å². The van der Waals surface area contributed by atoms with Gasteiger partial charge in [0.1, 0.15) is 0 Å². The number of sulfonamides is 1. The molecule has 1 aliphatic heterocycles. The molecule has 1 amide bonds. The Balaban J connectivity index is 2.24. The lowest BCUT2D eigenvalue weighted by molar-refractivity contribution is -0.122. The molecule has 2 N–H and O–H groups in total. The molecule has 0 bridgehead atoms. The lowest BCUT2D eigenvalue weighted by Gasteiger charge is -2.16. The topological polar surface area (TPSA) is 89.7 Å². The lowest BCUT2D eigenvalue weighted by Crippen LogP contribution is -2.32. The van der Waals surface area contributed by atoms with E-state index in [0.29, 0.717) is 6.61 Å².